The zero-order valence-corrected chi connectivity index (χ0v) is 20.8. The molecule has 0 radical (unpaired) electrons. The van der Waals surface area contributed by atoms with Gasteiger partial charge < -0.3 is 15.5 Å². The van der Waals surface area contributed by atoms with Crippen molar-refractivity contribution in [1.82, 2.24) is 10.2 Å². The number of fused-ring (bicyclic) bond motifs is 1. The van der Waals surface area contributed by atoms with Crippen molar-refractivity contribution in [2.75, 3.05) is 11.5 Å². The number of pyridine rings is 1. The highest BCUT2D eigenvalue weighted by atomic mass is 35.5. The van der Waals surface area contributed by atoms with Gasteiger partial charge in [-0.25, -0.2) is 9.36 Å². The minimum atomic E-state index is -1.18. The first-order valence-electron chi connectivity index (χ1n) is 10.1. The van der Waals surface area contributed by atoms with Gasteiger partial charge in [-0.2, -0.15) is 0 Å². The summed E-state index contributed by atoms with van der Waals surface area (Å²) in [6, 6.07) is 7.66. The third-order valence-corrected chi connectivity index (χ3v) is 8.41. The summed E-state index contributed by atoms with van der Waals surface area (Å²) >= 11 is 14.7. The van der Waals surface area contributed by atoms with Crippen molar-refractivity contribution in [3.05, 3.63) is 69.6 Å². The molecule has 8 nitrogen and oxygen atoms in total. The van der Waals surface area contributed by atoms with E-state index >= 15 is 0 Å². The molecule has 0 saturated carbocycles. The molecule has 2 amide bonds. The Bertz CT molecular complexity index is 1180. The fourth-order valence-electron chi connectivity index (χ4n) is 3.67. The zero-order chi connectivity index (χ0) is 24.4. The van der Waals surface area contributed by atoms with Gasteiger partial charge in [0.05, 0.1) is 17.4 Å². The number of nitrogens with one attached hydrogen (secondary N) is 1. The number of carbonyl (C=O) groups excluding carboxylic acids is 2. The molecule has 2 aliphatic rings. The van der Waals surface area contributed by atoms with E-state index in [4.69, 9.17) is 23.2 Å². The number of carbonyl (C=O) groups is 3. The number of β-lactam (4-membered cyclic amide) rings is 1. The molecule has 0 bridgehead atoms. The SMILES string of the molecule is O=C(CSc1cc(Cl)ccc1Cl)N[C@@H]1C(=O)N2C(C(=O)O)=C(C[n+]3ccc(CO)cc3)CS[C@H]12. The zero-order valence-electron chi connectivity index (χ0n) is 17.6. The Morgan fingerprint density at radius 3 is 2.65 bits per heavy atom. The molecule has 3 N–H and O–H groups in total. The maximum absolute atomic E-state index is 12.8. The van der Waals surface area contributed by atoms with Gasteiger partial charge >= 0.3 is 5.97 Å². The second kappa shape index (κ2) is 10.6. The fraction of sp³-hybridized carbons (Fsp3) is 0.273. The summed E-state index contributed by atoms with van der Waals surface area (Å²) in [5.74, 6) is -1.55. The summed E-state index contributed by atoms with van der Waals surface area (Å²) in [4.78, 5) is 39.2. The van der Waals surface area contributed by atoms with Crippen molar-refractivity contribution in [3.8, 4) is 0 Å². The maximum Gasteiger partial charge on any atom is 0.352 e. The van der Waals surface area contributed by atoms with Crippen LogP contribution in [-0.2, 0) is 27.5 Å². The van der Waals surface area contributed by atoms with E-state index in [-0.39, 0.29) is 24.0 Å². The van der Waals surface area contributed by atoms with Crippen molar-refractivity contribution < 1.29 is 29.2 Å². The largest absolute Gasteiger partial charge is 0.477 e. The lowest BCUT2D eigenvalue weighted by Crippen LogP contribution is -2.70. The first-order valence-corrected chi connectivity index (χ1v) is 12.9. The Labute approximate surface area is 213 Å². The van der Waals surface area contributed by atoms with Crippen molar-refractivity contribution in [1.29, 1.82) is 0 Å². The average molecular weight is 541 g/mol. The van der Waals surface area contributed by atoms with Crippen LogP contribution in [0.5, 0.6) is 0 Å². The topological polar surface area (TPSA) is 111 Å². The summed E-state index contributed by atoms with van der Waals surface area (Å²) in [6.45, 7) is 0.215. The van der Waals surface area contributed by atoms with Gasteiger partial charge in [0.1, 0.15) is 17.1 Å². The van der Waals surface area contributed by atoms with E-state index in [1.807, 2.05) is 0 Å². The van der Waals surface area contributed by atoms with E-state index in [9.17, 15) is 24.6 Å². The van der Waals surface area contributed by atoms with Gasteiger partial charge in [0.15, 0.2) is 18.9 Å². The van der Waals surface area contributed by atoms with E-state index in [1.54, 1.807) is 47.3 Å². The second-order valence-electron chi connectivity index (χ2n) is 7.61. The van der Waals surface area contributed by atoms with E-state index in [0.717, 1.165) is 5.56 Å². The number of aromatic nitrogens is 1. The predicted molar refractivity (Wildman–Crippen MR) is 129 cm³/mol. The van der Waals surface area contributed by atoms with Gasteiger partial charge in [0.25, 0.3) is 5.91 Å². The number of aliphatic hydroxyl groups is 1. The minimum absolute atomic E-state index is 0.0363. The molecule has 0 aliphatic carbocycles. The number of halogens is 2. The van der Waals surface area contributed by atoms with Gasteiger partial charge in [-0.15, -0.1) is 23.5 Å². The highest BCUT2D eigenvalue weighted by molar-refractivity contribution is 8.00. The first kappa shape index (κ1) is 24.9. The van der Waals surface area contributed by atoms with Gasteiger partial charge in [-0.05, 0) is 23.8 Å². The van der Waals surface area contributed by atoms with Gasteiger partial charge in [0.2, 0.25) is 5.91 Å². The summed E-state index contributed by atoms with van der Waals surface area (Å²) in [6.07, 6.45) is 3.50. The summed E-state index contributed by atoms with van der Waals surface area (Å²) in [5.41, 5.74) is 1.30. The van der Waals surface area contributed by atoms with E-state index in [0.29, 0.717) is 32.8 Å². The molecule has 2 atom stereocenters. The van der Waals surface area contributed by atoms with E-state index in [1.165, 1.54) is 28.4 Å². The normalized spacial score (nSPS) is 19.5. The number of aliphatic carboxylic acids is 1. The molecule has 1 aromatic heterocycles. The third-order valence-electron chi connectivity index (χ3n) is 5.33. The van der Waals surface area contributed by atoms with Crippen LogP contribution in [0.3, 0.4) is 0 Å². The Balaban J connectivity index is 1.42. The molecule has 3 heterocycles. The summed E-state index contributed by atoms with van der Waals surface area (Å²) in [7, 11) is 0. The lowest BCUT2D eigenvalue weighted by molar-refractivity contribution is -0.689. The Morgan fingerprint density at radius 1 is 1.24 bits per heavy atom. The van der Waals surface area contributed by atoms with Crippen LogP contribution in [0.4, 0.5) is 0 Å². The Kier molecular flexibility index (Phi) is 7.73. The number of hydrogen-bond acceptors (Lipinski definition) is 6. The minimum Gasteiger partial charge on any atom is -0.477 e. The number of carboxylic acid groups (broad SMARTS) is 1. The molecule has 4 rings (SSSR count). The number of aliphatic hydroxyl groups excluding tert-OH is 1. The smallest absolute Gasteiger partial charge is 0.352 e. The number of nitrogens with zero attached hydrogens (tertiary/aromatic N) is 2. The number of rotatable bonds is 8. The third kappa shape index (κ3) is 5.21. The molecule has 1 saturated heterocycles. The number of thioether (sulfide) groups is 2. The van der Waals surface area contributed by atoms with Crippen LogP contribution >= 0.6 is 46.7 Å². The lowest BCUT2D eigenvalue weighted by Gasteiger charge is -2.49. The molecule has 2 aromatic rings. The highest BCUT2D eigenvalue weighted by Gasteiger charge is 2.54. The lowest BCUT2D eigenvalue weighted by atomic mass is 10.0. The molecule has 0 unspecified atom stereocenters. The molecular formula is C22H20Cl2N3O5S2+. The molecule has 0 spiro atoms. The van der Waals surface area contributed by atoms with Crippen molar-refractivity contribution in [2.45, 2.75) is 29.5 Å². The summed E-state index contributed by atoms with van der Waals surface area (Å²) < 4.78 is 1.79. The first-order chi connectivity index (χ1) is 16.3. The standard InChI is InChI=1S/C22H19Cl2N3O5S2/c23-14-1-2-15(24)16(7-14)33-11-17(29)25-18-20(30)27-19(22(31)32)13(10-34-21(18)27)8-26-5-3-12(9-28)4-6-26/h1-7,18,21,28H,8-11H2,(H-,25,29,31,32)/p+1/t18-,21-/m1/s1. The fourth-order valence-corrected chi connectivity index (χ4v) is 6.31. The molecule has 2 aliphatic heterocycles. The number of benzene rings is 1. The molecule has 178 valence electrons. The second-order valence-corrected chi connectivity index (χ2v) is 10.6. The molecule has 1 fully saturated rings. The molecule has 34 heavy (non-hydrogen) atoms. The van der Waals surface area contributed by atoms with Crippen LogP contribution in [0, 0.1) is 0 Å². The highest BCUT2D eigenvalue weighted by Crippen LogP contribution is 2.40. The van der Waals surface area contributed by atoms with Crippen LogP contribution in [-0.4, -0.2) is 55.8 Å². The Morgan fingerprint density at radius 2 is 1.97 bits per heavy atom. The van der Waals surface area contributed by atoms with Crippen LogP contribution in [0.1, 0.15) is 5.56 Å². The van der Waals surface area contributed by atoms with Crippen LogP contribution < -0.4 is 9.88 Å². The van der Waals surface area contributed by atoms with Gasteiger partial charge in [0, 0.05) is 33.4 Å². The molecular weight excluding hydrogens is 521 g/mol. The van der Waals surface area contributed by atoms with Crippen molar-refractivity contribution in [2.24, 2.45) is 0 Å². The monoisotopic (exact) mass is 540 g/mol. The van der Waals surface area contributed by atoms with Crippen LogP contribution in [0.25, 0.3) is 0 Å². The number of carboxylic acids is 1. The maximum atomic E-state index is 12.8. The Hall–Kier alpha value is -2.24. The number of amides is 2. The van der Waals surface area contributed by atoms with Gasteiger partial charge in [-0.1, -0.05) is 23.2 Å². The van der Waals surface area contributed by atoms with E-state index in [2.05, 4.69) is 5.32 Å². The number of hydrogen-bond donors (Lipinski definition) is 3. The van der Waals surface area contributed by atoms with Crippen LogP contribution in [0.15, 0.2) is 58.9 Å². The predicted octanol–water partition coefficient (Wildman–Crippen LogP) is 2.30. The molecule has 12 heteroatoms. The van der Waals surface area contributed by atoms with Crippen molar-refractivity contribution >= 4 is 64.5 Å². The quantitative estimate of drug-likeness (QED) is 0.267. The van der Waals surface area contributed by atoms with Crippen LogP contribution in [0.2, 0.25) is 10.0 Å². The average Bonchev–Trinajstić information content (AvgIpc) is 2.83. The molecule has 1 aromatic carbocycles. The van der Waals surface area contributed by atoms with Crippen molar-refractivity contribution in [3.63, 3.8) is 0 Å². The summed E-state index contributed by atoms with van der Waals surface area (Å²) in [5, 5.41) is 22.2. The van der Waals surface area contributed by atoms with Gasteiger partial charge in [-0.3, -0.25) is 14.5 Å². The van der Waals surface area contributed by atoms with E-state index < -0.39 is 23.3 Å².